The van der Waals surface area contributed by atoms with Crippen LogP contribution in [0.15, 0.2) is 59.3 Å². The van der Waals surface area contributed by atoms with Crippen molar-refractivity contribution in [3.63, 3.8) is 0 Å². The van der Waals surface area contributed by atoms with Crippen LogP contribution in [0.1, 0.15) is 98.3 Å². The van der Waals surface area contributed by atoms with Crippen molar-refractivity contribution in [3.05, 3.63) is 59.3 Å². The zero-order valence-corrected chi connectivity index (χ0v) is 25.9. The molecule has 1 fully saturated rings. The van der Waals surface area contributed by atoms with Crippen molar-refractivity contribution in [2.45, 2.75) is 123 Å². The second-order valence-electron chi connectivity index (χ2n) is 12.7. The van der Waals surface area contributed by atoms with E-state index in [1.54, 1.807) is 12.5 Å². The van der Waals surface area contributed by atoms with Gasteiger partial charge in [-0.05, 0) is 109 Å². The smallest absolute Gasteiger partial charge is 0.333 e. The van der Waals surface area contributed by atoms with E-state index in [0.717, 1.165) is 64.2 Å². The van der Waals surface area contributed by atoms with Gasteiger partial charge in [0.15, 0.2) is 12.4 Å². The fourth-order valence-electron chi connectivity index (χ4n) is 5.95. The molecule has 2 N–H and O–H groups in total. The van der Waals surface area contributed by atoms with Crippen molar-refractivity contribution >= 4 is 5.97 Å². The van der Waals surface area contributed by atoms with Gasteiger partial charge in [0.05, 0.1) is 13.2 Å². The monoisotopic (exact) mass is 570 g/mol. The van der Waals surface area contributed by atoms with Gasteiger partial charge >= 0.3 is 5.97 Å². The lowest BCUT2D eigenvalue weighted by atomic mass is 9.84. The van der Waals surface area contributed by atoms with Gasteiger partial charge in [0.1, 0.15) is 12.2 Å². The quantitative estimate of drug-likeness (QED) is 0.131. The molecule has 1 saturated heterocycles. The van der Waals surface area contributed by atoms with Crippen molar-refractivity contribution in [2.24, 2.45) is 17.8 Å². The molecule has 0 radical (unpaired) electrons. The van der Waals surface area contributed by atoms with E-state index in [1.807, 2.05) is 6.08 Å². The van der Waals surface area contributed by atoms with Crippen LogP contribution in [0.4, 0.5) is 0 Å². The zero-order valence-electron chi connectivity index (χ0n) is 25.9. The topological polar surface area (TPSA) is 85.2 Å². The third-order valence-corrected chi connectivity index (χ3v) is 9.07. The van der Waals surface area contributed by atoms with Gasteiger partial charge in [0.25, 0.3) is 0 Å². The molecule has 1 heterocycles. The number of hydrogen-bond acceptors (Lipinski definition) is 6. The van der Waals surface area contributed by atoms with Crippen molar-refractivity contribution in [3.8, 4) is 0 Å². The lowest BCUT2D eigenvalue weighted by Crippen LogP contribution is -2.55. The predicted molar refractivity (Wildman–Crippen MR) is 164 cm³/mol. The Bertz CT molecular complexity index is 991. The van der Waals surface area contributed by atoms with Gasteiger partial charge in [-0.3, -0.25) is 0 Å². The predicted octanol–water partition coefficient (Wildman–Crippen LogP) is 7.13. The molecule has 7 atom stereocenters. The molecule has 1 aliphatic heterocycles. The first-order chi connectivity index (χ1) is 19.5. The number of esters is 1. The number of carbonyl (C=O) groups excluding carboxylic acids is 1. The largest absolute Gasteiger partial charge is 0.454 e. The molecule has 230 valence electrons. The van der Waals surface area contributed by atoms with Gasteiger partial charge in [-0.1, -0.05) is 60.6 Å². The zero-order chi connectivity index (χ0) is 29.9. The molecule has 0 bridgehead atoms. The summed E-state index contributed by atoms with van der Waals surface area (Å²) in [5.41, 5.74) is 6.01. The Kier molecular flexibility index (Phi) is 13.6. The van der Waals surface area contributed by atoms with Crippen molar-refractivity contribution in [1.29, 1.82) is 0 Å². The molecule has 3 rings (SSSR count). The third-order valence-electron chi connectivity index (χ3n) is 9.07. The molecule has 2 aliphatic carbocycles. The Balaban J connectivity index is 1.33. The first-order valence-electron chi connectivity index (χ1n) is 15.7. The highest BCUT2D eigenvalue weighted by molar-refractivity contribution is 5.87. The summed E-state index contributed by atoms with van der Waals surface area (Å²) < 4.78 is 17.0. The fourth-order valence-corrected chi connectivity index (χ4v) is 5.95. The summed E-state index contributed by atoms with van der Waals surface area (Å²) in [5.74, 6) is 1.03. The number of rotatable bonds is 14. The maximum absolute atomic E-state index is 12.6. The molecular formula is C35H54O6. The lowest BCUT2D eigenvalue weighted by Gasteiger charge is -2.37. The van der Waals surface area contributed by atoms with Crippen LogP contribution in [0.25, 0.3) is 0 Å². The minimum Gasteiger partial charge on any atom is -0.454 e. The molecule has 6 nitrogen and oxygen atoms in total. The third kappa shape index (κ3) is 10.7. The average Bonchev–Trinajstić information content (AvgIpc) is 2.95. The maximum atomic E-state index is 12.6. The molecule has 0 aromatic heterocycles. The van der Waals surface area contributed by atoms with Gasteiger partial charge in [-0.15, -0.1) is 0 Å². The van der Waals surface area contributed by atoms with Gasteiger partial charge in [-0.2, -0.15) is 0 Å². The highest BCUT2D eigenvalue weighted by atomic mass is 16.7. The lowest BCUT2D eigenvalue weighted by molar-refractivity contribution is -0.275. The molecule has 3 aliphatic rings. The van der Waals surface area contributed by atoms with Gasteiger partial charge < -0.3 is 24.4 Å². The van der Waals surface area contributed by atoms with E-state index in [-0.39, 0.29) is 6.61 Å². The number of carbonyl (C=O) groups is 1. The number of aliphatic hydroxyl groups excluding tert-OH is 2. The van der Waals surface area contributed by atoms with Crippen LogP contribution >= 0.6 is 0 Å². The number of hydrogen-bond donors (Lipinski definition) is 2. The van der Waals surface area contributed by atoms with Crippen molar-refractivity contribution in [1.82, 2.24) is 0 Å². The first-order valence-corrected chi connectivity index (χ1v) is 15.7. The standard InChI is InChI=1S/C35H54O6/c1-23(2)29-17-13-27(14-18-29)11-7-9-25(5)21-39-35-33(37)32(36)31(22-40-35)41-34(38)26(6)10-8-12-28-15-19-30(20-16-28)24(3)4/h10,13,15,25,29-33,35-37H,1,3,7-9,11-12,14,16-22H2,2,4-6H3/b26-10+/t25-,29+,30+,31-,32+,33-,35-/m1/s1. The van der Waals surface area contributed by atoms with Crippen molar-refractivity contribution < 1.29 is 29.2 Å². The van der Waals surface area contributed by atoms with Crippen molar-refractivity contribution in [2.75, 3.05) is 13.2 Å². The Morgan fingerprint density at radius 2 is 1.63 bits per heavy atom. The Morgan fingerprint density at radius 1 is 1.02 bits per heavy atom. The van der Waals surface area contributed by atoms with Crippen LogP contribution < -0.4 is 0 Å². The van der Waals surface area contributed by atoms with Crippen LogP contribution in [0.2, 0.25) is 0 Å². The van der Waals surface area contributed by atoms with E-state index >= 15 is 0 Å². The molecular weight excluding hydrogens is 516 g/mol. The highest BCUT2D eigenvalue weighted by Crippen LogP contribution is 2.32. The molecule has 0 aromatic rings. The molecule has 0 unspecified atom stereocenters. The number of allylic oxidation sites excluding steroid dienone is 7. The van der Waals surface area contributed by atoms with E-state index in [1.165, 1.54) is 23.1 Å². The van der Waals surface area contributed by atoms with E-state index in [0.29, 0.717) is 29.9 Å². The molecule has 6 heteroatoms. The van der Waals surface area contributed by atoms with Crippen LogP contribution in [0.3, 0.4) is 0 Å². The normalized spacial score (nSPS) is 29.8. The van der Waals surface area contributed by atoms with Crippen LogP contribution in [0.5, 0.6) is 0 Å². The molecule has 41 heavy (non-hydrogen) atoms. The summed E-state index contributed by atoms with van der Waals surface area (Å²) in [4.78, 5) is 12.6. The van der Waals surface area contributed by atoms with Gasteiger partial charge in [0.2, 0.25) is 0 Å². The van der Waals surface area contributed by atoms with Gasteiger partial charge in [-0.25, -0.2) is 4.79 Å². The summed E-state index contributed by atoms with van der Waals surface area (Å²) >= 11 is 0. The Hall–Kier alpha value is -1.99. The Morgan fingerprint density at radius 3 is 2.20 bits per heavy atom. The molecule has 0 amide bonds. The van der Waals surface area contributed by atoms with E-state index in [9.17, 15) is 15.0 Å². The number of aliphatic hydroxyl groups is 2. The van der Waals surface area contributed by atoms with Gasteiger partial charge in [0, 0.05) is 5.57 Å². The minimum atomic E-state index is -1.28. The Labute approximate surface area is 248 Å². The summed E-state index contributed by atoms with van der Waals surface area (Å²) in [7, 11) is 0. The summed E-state index contributed by atoms with van der Waals surface area (Å²) in [6.07, 6.45) is 13.9. The first kappa shape index (κ1) is 33.5. The fraction of sp³-hybridized carbons (Fsp3) is 0.686. The maximum Gasteiger partial charge on any atom is 0.333 e. The highest BCUT2D eigenvalue weighted by Gasteiger charge is 2.41. The van der Waals surface area contributed by atoms with Crippen LogP contribution in [0, 0.1) is 17.8 Å². The molecule has 0 aromatic carbocycles. The van der Waals surface area contributed by atoms with E-state index < -0.39 is 30.6 Å². The molecule has 0 saturated carbocycles. The number of ether oxygens (including phenoxy) is 3. The second-order valence-corrected chi connectivity index (χ2v) is 12.7. The minimum absolute atomic E-state index is 0.0214. The van der Waals surface area contributed by atoms with Crippen LogP contribution in [-0.4, -0.2) is 54.0 Å². The van der Waals surface area contributed by atoms with E-state index in [4.69, 9.17) is 14.2 Å². The summed E-state index contributed by atoms with van der Waals surface area (Å²) in [6.45, 7) is 16.6. The summed E-state index contributed by atoms with van der Waals surface area (Å²) in [5, 5.41) is 21.2. The van der Waals surface area contributed by atoms with E-state index in [2.05, 4.69) is 46.1 Å². The summed E-state index contributed by atoms with van der Waals surface area (Å²) in [6, 6.07) is 0. The average molecular weight is 571 g/mol. The second kappa shape index (κ2) is 16.6. The molecule has 0 spiro atoms. The van der Waals surface area contributed by atoms with Crippen LogP contribution in [-0.2, 0) is 19.0 Å². The SMILES string of the molecule is C=C(C)[C@H]1CC=C(CC/C=C(\C)C(=O)O[C@@H]2CO[C@@H](OC[C@H](C)CCCC3=CC[C@H](C(=C)C)CC3)[C@H](O)[C@H]2O)CC1.